The summed E-state index contributed by atoms with van der Waals surface area (Å²) in [5, 5.41) is 12.7. The molecule has 1 aliphatic carbocycles. The van der Waals surface area contributed by atoms with Crippen LogP contribution < -0.4 is 5.11 Å². The Morgan fingerprint density at radius 3 is 2.89 bits per heavy atom. The van der Waals surface area contributed by atoms with Crippen LogP contribution in [0.4, 0.5) is 0 Å². The standard InChI is InChI=1S/C15H17ClO3/c1-2-19-14(18)15(9-10-16)8-7-11-5-3-4-6-12(11)13(15)17/h3-6H,2,7-10H2,1H3/q-1. The van der Waals surface area contributed by atoms with E-state index in [0.717, 1.165) is 5.56 Å². The number of carbonyl (C=O) groups is 1. The lowest BCUT2D eigenvalue weighted by Crippen LogP contribution is -2.48. The van der Waals surface area contributed by atoms with Gasteiger partial charge in [0, 0.05) is 5.88 Å². The molecule has 4 heteroatoms. The lowest BCUT2D eigenvalue weighted by atomic mass is 9.67. The molecule has 1 atom stereocenters. The van der Waals surface area contributed by atoms with Crippen molar-refractivity contribution in [3.8, 4) is 0 Å². The first-order chi connectivity index (χ1) is 9.15. The highest BCUT2D eigenvalue weighted by Crippen LogP contribution is 2.45. The van der Waals surface area contributed by atoms with Crippen LogP contribution in [-0.4, -0.2) is 18.5 Å². The molecule has 0 saturated heterocycles. The molecule has 103 valence electrons. The molecular weight excluding hydrogens is 264 g/mol. The molecule has 2 rings (SSSR count). The maximum atomic E-state index is 12.7. The molecule has 3 nitrogen and oxygen atoms in total. The summed E-state index contributed by atoms with van der Waals surface area (Å²) in [6.45, 7) is 2.02. The number of aryl methyl sites for hydroxylation is 1. The summed E-state index contributed by atoms with van der Waals surface area (Å²) in [5.41, 5.74) is 0.542. The predicted octanol–water partition coefficient (Wildman–Crippen LogP) is 2.05. The molecule has 0 saturated carbocycles. The number of fused-ring (bicyclic) bond motifs is 1. The minimum Gasteiger partial charge on any atom is -0.845 e. The summed E-state index contributed by atoms with van der Waals surface area (Å²) < 4.78 is 5.10. The Hall–Kier alpha value is -1.06. The number of esters is 1. The number of hydrogen-bond donors (Lipinski definition) is 0. The second-order valence-electron chi connectivity index (χ2n) is 4.73. The lowest BCUT2D eigenvalue weighted by molar-refractivity contribution is -0.367. The largest absolute Gasteiger partial charge is 0.845 e. The Bertz CT molecular complexity index is 460. The van der Waals surface area contributed by atoms with Gasteiger partial charge in [-0.2, -0.15) is 0 Å². The molecule has 1 aromatic rings. The number of halogens is 1. The summed E-state index contributed by atoms with van der Waals surface area (Å²) in [7, 11) is 0. The van der Waals surface area contributed by atoms with Gasteiger partial charge in [0.25, 0.3) is 0 Å². The van der Waals surface area contributed by atoms with Gasteiger partial charge < -0.3 is 9.84 Å². The normalized spacial score (nSPS) is 22.9. The van der Waals surface area contributed by atoms with Crippen molar-refractivity contribution in [2.45, 2.75) is 26.2 Å². The van der Waals surface area contributed by atoms with Crippen LogP contribution in [-0.2, 0) is 16.0 Å². The summed E-state index contributed by atoms with van der Waals surface area (Å²) >= 11 is 5.80. The first-order valence-electron chi connectivity index (χ1n) is 6.51. The molecule has 1 radical (unpaired) electrons. The van der Waals surface area contributed by atoms with Crippen molar-refractivity contribution >= 4 is 17.6 Å². The fraction of sp³-hybridized carbons (Fsp3) is 0.467. The summed E-state index contributed by atoms with van der Waals surface area (Å²) in [6.07, 6.45) is 1.38. The Labute approximate surface area is 118 Å². The monoisotopic (exact) mass is 280 g/mol. The predicted molar refractivity (Wildman–Crippen MR) is 71.5 cm³/mol. The second kappa shape index (κ2) is 5.93. The van der Waals surface area contributed by atoms with Crippen molar-refractivity contribution < 1.29 is 14.6 Å². The Kier molecular flexibility index (Phi) is 4.48. The zero-order valence-corrected chi connectivity index (χ0v) is 11.7. The van der Waals surface area contributed by atoms with Crippen LogP contribution in [0.2, 0.25) is 0 Å². The van der Waals surface area contributed by atoms with Crippen molar-refractivity contribution in [2.75, 3.05) is 12.5 Å². The maximum Gasteiger partial charge on any atom is 0.311 e. The van der Waals surface area contributed by atoms with Gasteiger partial charge in [0.05, 0.1) is 12.0 Å². The smallest absolute Gasteiger partial charge is 0.311 e. The van der Waals surface area contributed by atoms with Crippen LogP contribution in [0.15, 0.2) is 24.3 Å². The molecule has 0 aliphatic heterocycles. The van der Waals surface area contributed by atoms with Crippen molar-refractivity contribution in [2.24, 2.45) is 5.41 Å². The van der Waals surface area contributed by atoms with Crippen molar-refractivity contribution in [1.29, 1.82) is 0 Å². The zero-order chi connectivity index (χ0) is 13.9. The maximum absolute atomic E-state index is 12.7. The molecule has 0 N–H and O–H groups in total. The van der Waals surface area contributed by atoms with Gasteiger partial charge in [0.2, 0.25) is 0 Å². The number of rotatable bonds is 4. The molecule has 0 heterocycles. The molecule has 1 aromatic carbocycles. The Balaban J connectivity index is 2.38. The second-order valence-corrected chi connectivity index (χ2v) is 5.11. The number of ether oxygens (including phenoxy) is 1. The lowest BCUT2D eigenvalue weighted by Gasteiger charge is -2.46. The molecule has 1 aliphatic rings. The average molecular weight is 281 g/mol. The van der Waals surface area contributed by atoms with Gasteiger partial charge >= 0.3 is 5.97 Å². The number of benzene rings is 1. The van der Waals surface area contributed by atoms with E-state index in [4.69, 9.17) is 16.3 Å². The fourth-order valence-electron chi connectivity index (χ4n) is 2.65. The highest BCUT2D eigenvalue weighted by molar-refractivity contribution is 6.18. The third-order valence-corrected chi connectivity index (χ3v) is 3.89. The molecule has 0 bridgehead atoms. The van der Waals surface area contributed by atoms with Crippen molar-refractivity contribution in [3.63, 3.8) is 0 Å². The van der Waals surface area contributed by atoms with Crippen LogP contribution in [0.25, 0.3) is 0 Å². The minimum absolute atomic E-state index is 0.145. The third kappa shape index (κ3) is 2.49. The summed E-state index contributed by atoms with van der Waals surface area (Å²) in [6, 6.07) is 7.44. The van der Waals surface area contributed by atoms with E-state index in [1.807, 2.05) is 18.2 Å². The molecule has 19 heavy (non-hydrogen) atoms. The summed E-state index contributed by atoms with van der Waals surface area (Å²) in [5.74, 6) is -0.164. The van der Waals surface area contributed by atoms with E-state index in [9.17, 15) is 9.90 Å². The van der Waals surface area contributed by atoms with E-state index in [-0.39, 0.29) is 18.6 Å². The quantitative estimate of drug-likeness (QED) is 0.626. The van der Waals surface area contributed by atoms with E-state index in [1.165, 1.54) is 0 Å². The van der Waals surface area contributed by atoms with E-state index in [2.05, 4.69) is 0 Å². The van der Waals surface area contributed by atoms with Crippen LogP contribution in [0.1, 0.15) is 30.9 Å². The van der Waals surface area contributed by atoms with E-state index < -0.39 is 11.4 Å². The van der Waals surface area contributed by atoms with Crippen molar-refractivity contribution in [3.05, 3.63) is 41.5 Å². The van der Waals surface area contributed by atoms with E-state index in [0.29, 0.717) is 24.8 Å². The van der Waals surface area contributed by atoms with Crippen molar-refractivity contribution in [1.82, 2.24) is 0 Å². The van der Waals surface area contributed by atoms with Crippen LogP contribution in [0.5, 0.6) is 0 Å². The zero-order valence-electron chi connectivity index (χ0n) is 10.9. The van der Waals surface area contributed by atoms with Gasteiger partial charge in [0.1, 0.15) is 0 Å². The molecular formula is C15H17ClO3-. The van der Waals surface area contributed by atoms with E-state index in [1.54, 1.807) is 13.0 Å². The van der Waals surface area contributed by atoms with Gasteiger partial charge in [-0.3, -0.25) is 4.79 Å². The van der Waals surface area contributed by atoms with Crippen LogP contribution >= 0.6 is 11.6 Å². The minimum atomic E-state index is -1.09. The topological polar surface area (TPSA) is 49.4 Å². The first kappa shape index (κ1) is 14.4. The van der Waals surface area contributed by atoms with Gasteiger partial charge in [0.15, 0.2) is 0 Å². The van der Waals surface area contributed by atoms with Gasteiger partial charge in [-0.25, -0.2) is 0 Å². The molecule has 0 spiro atoms. The van der Waals surface area contributed by atoms with Crippen LogP contribution in [0, 0.1) is 11.5 Å². The average Bonchev–Trinajstić information content (AvgIpc) is 2.43. The molecule has 0 fully saturated rings. The van der Waals surface area contributed by atoms with Gasteiger partial charge in [-0.1, -0.05) is 35.9 Å². The molecule has 0 aromatic heterocycles. The van der Waals surface area contributed by atoms with E-state index >= 15 is 0 Å². The fourth-order valence-corrected chi connectivity index (χ4v) is 2.97. The molecule has 1 unspecified atom stereocenters. The number of carbonyl (C=O) groups excluding carboxylic acids is 1. The SMILES string of the molecule is CCOC(=O)C1(CCCl)CCc2ccccc2[C]1[O-]. The first-order valence-corrected chi connectivity index (χ1v) is 7.05. The van der Waals surface area contributed by atoms with Crippen LogP contribution in [0.3, 0.4) is 0 Å². The van der Waals surface area contributed by atoms with Gasteiger partial charge in [-0.05, 0) is 31.7 Å². The summed E-state index contributed by atoms with van der Waals surface area (Å²) in [4.78, 5) is 12.2. The number of hydrogen-bond acceptors (Lipinski definition) is 3. The number of alkyl halides is 1. The Morgan fingerprint density at radius 1 is 1.47 bits per heavy atom. The highest BCUT2D eigenvalue weighted by Gasteiger charge is 2.44. The third-order valence-electron chi connectivity index (χ3n) is 3.71. The highest BCUT2D eigenvalue weighted by atomic mass is 35.5. The Morgan fingerprint density at radius 2 is 2.21 bits per heavy atom. The van der Waals surface area contributed by atoms with Gasteiger partial charge in [-0.15, -0.1) is 11.6 Å². The molecule has 0 amide bonds.